The smallest absolute Gasteiger partial charge is 0.308 e. The fourth-order valence-electron chi connectivity index (χ4n) is 4.41. The molecular weight excluding hydrogens is 304 g/mol. The molecule has 0 N–H and O–H groups in total. The van der Waals surface area contributed by atoms with Crippen LogP contribution in [0.2, 0.25) is 0 Å². The summed E-state index contributed by atoms with van der Waals surface area (Å²) in [5, 5.41) is 0. The summed E-state index contributed by atoms with van der Waals surface area (Å²) < 4.78 is 10.6. The first-order chi connectivity index (χ1) is 11.2. The molecule has 0 aliphatic heterocycles. The van der Waals surface area contributed by atoms with Gasteiger partial charge in [0.2, 0.25) is 0 Å². The van der Waals surface area contributed by atoms with Crippen LogP contribution in [0.3, 0.4) is 0 Å². The summed E-state index contributed by atoms with van der Waals surface area (Å²) in [4.78, 5) is 23.9. The third-order valence-corrected chi connectivity index (χ3v) is 6.31. The number of carbonyl (C=O) groups is 2. The quantitative estimate of drug-likeness (QED) is 0.572. The fourth-order valence-corrected chi connectivity index (χ4v) is 4.41. The normalized spacial score (nSPS) is 34.4. The van der Waals surface area contributed by atoms with Crippen LogP contribution >= 0.6 is 0 Å². The van der Waals surface area contributed by atoms with Crippen LogP contribution in [0, 0.1) is 29.1 Å². The highest BCUT2D eigenvalue weighted by atomic mass is 16.5. The first kappa shape index (κ1) is 19.0. The summed E-state index contributed by atoms with van der Waals surface area (Å²) in [7, 11) is 1.45. The van der Waals surface area contributed by atoms with Crippen LogP contribution < -0.4 is 0 Å². The van der Waals surface area contributed by atoms with E-state index >= 15 is 0 Å². The molecule has 2 aliphatic carbocycles. The van der Waals surface area contributed by atoms with Gasteiger partial charge in [-0.15, -0.1) is 0 Å². The van der Waals surface area contributed by atoms with E-state index in [9.17, 15) is 9.59 Å². The van der Waals surface area contributed by atoms with Crippen molar-refractivity contribution in [1.82, 2.24) is 0 Å². The van der Waals surface area contributed by atoms with Crippen molar-refractivity contribution in [3.05, 3.63) is 12.2 Å². The average Bonchev–Trinajstić information content (AvgIpc) is 2.55. The highest BCUT2D eigenvalue weighted by molar-refractivity contribution is 5.72. The molecule has 2 rings (SSSR count). The zero-order chi connectivity index (χ0) is 18.1. The second-order valence-corrected chi connectivity index (χ2v) is 8.25. The van der Waals surface area contributed by atoms with E-state index in [1.165, 1.54) is 7.11 Å². The van der Waals surface area contributed by atoms with Gasteiger partial charge < -0.3 is 9.47 Å². The van der Waals surface area contributed by atoms with Crippen LogP contribution in [-0.2, 0) is 19.1 Å². The van der Waals surface area contributed by atoms with Gasteiger partial charge in [-0.1, -0.05) is 34.3 Å². The highest BCUT2D eigenvalue weighted by Gasteiger charge is 2.48. The molecule has 2 aliphatic rings. The van der Waals surface area contributed by atoms with Gasteiger partial charge in [-0.3, -0.25) is 9.59 Å². The Kier molecular flexibility index (Phi) is 5.77. The molecule has 0 heterocycles. The molecule has 0 radical (unpaired) electrons. The van der Waals surface area contributed by atoms with Crippen LogP contribution in [0.1, 0.15) is 59.8 Å². The van der Waals surface area contributed by atoms with Gasteiger partial charge in [0.1, 0.15) is 6.10 Å². The molecule has 4 nitrogen and oxygen atoms in total. The number of fused-ring (bicyclic) bond motifs is 1. The van der Waals surface area contributed by atoms with Gasteiger partial charge in [-0.05, 0) is 54.9 Å². The standard InChI is InChI=1S/C20H32O4/c1-12(2)18(21)24-17-8-10-20(5)9-7-15(11-16(20)14(17)4)13(3)19(22)23-6/h12-13,15-17H,4,7-11H2,1-3,5-6H3. The van der Waals surface area contributed by atoms with Crippen molar-refractivity contribution in [2.45, 2.75) is 65.9 Å². The van der Waals surface area contributed by atoms with Crippen molar-refractivity contribution < 1.29 is 19.1 Å². The minimum absolute atomic E-state index is 0.0917. The topological polar surface area (TPSA) is 52.6 Å². The maximum absolute atomic E-state index is 12.0. The molecule has 0 aromatic rings. The SMILES string of the molecule is C=C1C(OC(=O)C(C)C)CCC2(C)CCC(C(C)C(=O)OC)CC12. The Morgan fingerprint density at radius 1 is 1.17 bits per heavy atom. The number of hydrogen-bond donors (Lipinski definition) is 0. The van der Waals surface area contributed by atoms with Crippen molar-refractivity contribution in [3.63, 3.8) is 0 Å². The van der Waals surface area contributed by atoms with Gasteiger partial charge in [-0.25, -0.2) is 0 Å². The summed E-state index contributed by atoms with van der Waals surface area (Å²) >= 11 is 0. The Bertz CT molecular complexity index is 510. The lowest BCUT2D eigenvalue weighted by Gasteiger charge is -2.51. The molecular formula is C20H32O4. The van der Waals surface area contributed by atoms with E-state index in [4.69, 9.17) is 9.47 Å². The van der Waals surface area contributed by atoms with Gasteiger partial charge in [0, 0.05) is 0 Å². The molecule has 4 heteroatoms. The molecule has 0 aromatic heterocycles. The number of ether oxygens (including phenoxy) is 2. The molecule has 5 atom stereocenters. The third-order valence-electron chi connectivity index (χ3n) is 6.31. The van der Waals surface area contributed by atoms with Crippen molar-refractivity contribution in [2.24, 2.45) is 29.1 Å². The Balaban J connectivity index is 2.10. The average molecular weight is 336 g/mol. The van der Waals surface area contributed by atoms with E-state index in [0.717, 1.165) is 37.7 Å². The van der Waals surface area contributed by atoms with Crippen LogP contribution in [0.15, 0.2) is 12.2 Å². The van der Waals surface area contributed by atoms with Gasteiger partial charge >= 0.3 is 11.9 Å². The zero-order valence-electron chi connectivity index (χ0n) is 15.8. The van der Waals surface area contributed by atoms with E-state index < -0.39 is 0 Å². The second kappa shape index (κ2) is 7.28. The highest BCUT2D eigenvalue weighted by Crippen LogP contribution is 2.55. The molecule has 0 aromatic carbocycles. The summed E-state index contributed by atoms with van der Waals surface area (Å²) in [6.07, 6.45) is 4.81. The Morgan fingerprint density at radius 2 is 1.79 bits per heavy atom. The van der Waals surface area contributed by atoms with Crippen molar-refractivity contribution in [3.8, 4) is 0 Å². The fraction of sp³-hybridized carbons (Fsp3) is 0.800. The largest absolute Gasteiger partial charge is 0.469 e. The van der Waals surface area contributed by atoms with E-state index in [2.05, 4.69) is 13.5 Å². The predicted octanol–water partition coefficient (Wildman–Crippen LogP) is 4.14. The Hall–Kier alpha value is -1.32. The summed E-state index contributed by atoms with van der Waals surface area (Å²) in [6, 6.07) is 0. The monoisotopic (exact) mass is 336 g/mol. The molecule has 0 amide bonds. The lowest BCUT2D eigenvalue weighted by molar-refractivity contribution is -0.154. The van der Waals surface area contributed by atoms with Crippen LogP contribution in [0.5, 0.6) is 0 Å². The van der Waals surface area contributed by atoms with Gasteiger partial charge in [0.15, 0.2) is 0 Å². The summed E-state index contributed by atoms with van der Waals surface area (Å²) in [5.74, 6) is 0.122. The van der Waals surface area contributed by atoms with E-state index in [-0.39, 0.29) is 35.3 Å². The summed E-state index contributed by atoms with van der Waals surface area (Å²) in [6.45, 7) is 12.3. The third kappa shape index (κ3) is 3.68. The van der Waals surface area contributed by atoms with Crippen molar-refractivity contribution in [1.29, 1.82) is 0 Å². The number of hydrogen-bond acceptors (Lipinski definition) is 4. The molecule has 2 saturated carbocycles. The van der Waals surface area contributed by atoms with Crippen LogP contribution in [-0.4, -0.2) is 25.2 Å². The molecule has 2 fully saturated rings. The van der Waals surface area contributed by atoms with Crippen molar-refractivity contribution >= 4 is 11.9 Å². The molecule has 5 unspecified atom stereocenters. The molecule has 0 bridgehead atoms. The maximum Gasteiger partial charge on any atom is 0.308 e. The first-order valence-corrected chi connectivity index (χ1v) is 9.16. The van der Waals surface area contributed by atoms with Crippen LogP contribution in [0.25, 0.3) is 0 Å². The second-order valence-electron chi connectivity index (χ2n) is 8.25. The van der Waals surface area contributed by atoms with E-state index in [1.807, 2.05) is 20.8 Å². The van der Waals surface area contributed by atoms with Crippen molar-refractivity contribution in [2.75, 3.05) is 7.11 Å². The minimum atomic E-state index is -0.176. The van der Waals surface area contributed by atoms with Gasteiger partial charge in [0.25, 0.3) is 0 Å². The summed E-state index contributed by atoms with van der Waals surface area (Å²) in [5.41, 5.74) is 1.25. The van der Waals surface area contributed by atoms with E-state index in [0.29, 0.717) is 11.8 Å². The molecule has 24 heavy (non-hydrogen) atoms. The predicted molar refractivity (Wildman–Crippen MR) is 93.2 cm³/mol. The zero-order valence-corrected chi connectivity index (χ0v) is 15.8. The molecule has 0 saturated heterocycles. The number of esters is 2. The number of methoxy groups -OCH3 is 1. The lowest BCUT2D eigenvalue weighted by Crippen LogP contribution is -2.45. The Labute approximate surface area is 146 Å². The molecule has 0 spiro atoms. The number of rotatable bonds is 4. The van der Waals surface area contributed by atoms with Crippen LogP contribution in [0.4, 0.5) is 0 Å². The lowest BCUT2D eigenvalue weighted by atomic mass is 9.55. The van der Waals surface area contributed by atoms with E-state index in [1.54, 1.807) is 0 Å². The Morgan fingerprint density at radius 3 is 2.38 bits per heavy atom. The van der Waals surface area contributed by atoms with Gasteiger partial charge in [-0.2, -0.15) is 0 Å². The van der Waals surface area contributed by atoms with Gasteiger partial charge in [0.05, 0.1) is 18.9 Å². The molecule has 136 valence electrons. The maximum atomic E-state index is 12.0. The minimum Gasteiger partial charge on any atom is -0.469 e. The number of carbonyl (C=O) groups excluding carboxylic acids is 2. The first-order valence-electron chi connectivity index (χ1n) is 9.16.